The van der Waals surface area contributed by atoms with Gasteiger partial charge in [0.2, 0.25) is 5.91 Å². The molecule has 0 aliphatic carbocycles. The Balaban J connectivity index is 2.92. The normalized spacial score (nSPS) is 26.3. The summed E-state index contributed by atoms with van der Waals surface area (Å²) in [5, 5.41) is 3.49. The molecule has 0 spiro atoms. The molecule has 18 heavy (non-hydrogen) atoms. The summed E-state index contributed by atoms with van der Waals surface area (Å²) in [5.74, 6) is 1.16. The van der Waals surface area contributed by atoms with Crippen LogP contribution in [0.25, 0.3) is 0 Å². The topological polar surface area (TPSA) is 44.7 Å². The number of amidine groups is 1. The summed E-state index contributed by atoms with van der Waals surface area (Å²) in [4.78, 5) is 18.7. The highest BCUT2D eigenvalue weighted by molar-refractivity contribution is 6.10. The molecule has 0 aromatic heterocycles. The summed E-state index contributed by atoms with van der Waals surface area (Å²) >= 11 is 0. The van der Waals surface area contributed by atoms with E-state index >= 15 is 0 Å². The lowest BCUT2D eigenvalue weighted by molar-refractivity contribution is -0.126. The standard InChI is InChI=1S/C14H27N3O/c1-5-8-15-13-14(4,16-9-6-2)11-12(18)17(13)10-7-3/h16H,5-11H2,1-4H3. The molecular formula is C14H27N3O. The minimum absolute atomic E-state index is 0.206. The van der Waals surface area contributed by atoms with Crippen molar-refractivity contribution in [3.05, 3.63) is 0 Å². The predicted octanol–water partition coefficient (Wildman–Crippen LogP) is 2.20. The van der Waals surface area contributed by atoms with Crippen molar-refractivity contribution < 1.29 is 4.79 Å². The van der Waals surface area contributed by atoms with Crippen LogP contribution in [0.2, 0.25) is 0 Å². The lowest BCUT2D eigenvalue weighted by atomic mass is 9.99. The summed E-state index contributed by atoms with van der Waals surface area (Å²) in [5.41, 5.74) is -0.266. The quantitative estimate of drug-likeness (QED) is 0.756. The summed E-state index contributed by atoms with van der Waals surface area (Å²) in [6.45, 7) is 11.0. The Kier molecular flexibility index (Phi) is 5.79. The number of likely N-dealkylation sites (tertiary alicyclic amines) is 1. The van der Waals surface area contributed by atoms with E-state index in [1.165, 1.54) is 0 Å². The molecule has 1 amide bonds. The number of nitrogens with one attached hydrogen (secondary N) is 1. The van der Waals surface area contributed by atoms with Crippen molar-refractivity contribution >= 4 is 11.7 Å². The largest absolute Gasteiger partial charge is 0.305 e. The number of rotatable bonds is 7. The van der Waals surface area contributed by atoms with Gasteiger partial charge in [-0.2, -0.15) is 0 Å². The lowest BCUT2D eigenvalue weighted by Gasteiger charge is -2.27. The number of aliphatic imine (C=N–C) groups is 1. The molecule has 104 valence electrons. The second kappa shape index (κ2) is 6.88. The summed E-state index contributed by atoms with van der Waals surface area (Å²) in [6.07, 6.45) is 3.59. The molecule has 0 aromatic carbocycles. The number of amides is 1. The molecule has 1 heterocycles. The third-order valence-corrected chi connectivity index (χ3v) is 3.25. The second-order valence-corrected chi connectivity index (χ2v) is 5.19. The van der Waals surface area contributed by atoms with Gasteiger partial charge in [0.25, 0.3) is 0 Å². The van der Waals surface area contributed by atoms with Crippen molar-refractivity contribution in [2.24, 2.45) is 4.99 Å². The second-order valence-electron chi connectivity index (χ2n) is 5.19. The van der Waals surface area contributed by atoms with Gasteiger partial charge >= 0.3 is 0 Å². The Labute approximate surface area is 111 Å². The molecule has 0 bridgehead atoms. The number of nitrogens with zero attached hydrogens (tertiary/aromatic N) is 2. The van der Waals surface area contributed by atoms with Crippen molar-refractivity contribution in [2.45, 2.75) is 58.9 Å². The smallest absolute Gasteiger partial charge is 0.230 e. The molecule has 1 unspecified atom stereocenters. The van der Waals surface area contributed by atoms with E-state index in [1.54, 1.807) is 0 Å². The number of carbonyl (C=O) groups excluding carboxylic acids is 1. The third-order valence-electron chi connectivity index (χ3n) is 3.25. The zero-order valence-corrected chi connectivity index (χ0v) is 12.3. The van der Waals surface area contributed by atoms with E-state index in [0.29, 0.717) is 6.42 Å². The first-order chi connectivity index (χ1) is 8.59. The predicted molar refractivity (Wildman–Crippen MR) is 75.9 cm³/mol. The van der Waals surface area contributed by atoms with Gasteiger partial charge in [0.15, 0.2) is 0 Å². The maximum absolute atomic E-state index is 12.1. The molecule has 1 N–H and O–H groups in total. The molecule has 0 radical (unpaired) electrons. The van der Waals surface area contributed by atoms with Gasteiger partial charge in [-0.3, -0.25) is 14.7 Å². The molecule has 1 atom stereocenters. The monoisotopic (exact) mass is 253 g/mol. The van der Waals surface area contributed by atoms with Crippen molar-refractivity contribution in [1.82, 2.24) is 10.2 Å². The Morgan fingerprint density at radius 3 is 2.56 bits per heavy atom. The van der Waals surface area contributed by atoms with E-state index in [-0.39, 0.29) is 11.4 Å². The van der Waals surface area contributed by atoms with Crippen LogP contribution in [0.1, 0.15) is 53.4 Å². The number of carbonyl (C=O) groups is 1. The van der Waals surface area contributed by atoms with E-state index in [9.17, 15) is 4.79 Å². The van der Waals surface area contributed by atoms with E-state index < -0.39 is 0 Å². The minimum Gasteiger partial charge on any atom is -0.305 e. The van der Waals surface area contributed by atoms with Crippen molar-refractivity contribution in [1.29, 1.82) is 0 Å². The molecule has 1 aliphatic heterocycles. The van der Waals surface area contributed by atoms with Crippen molar-refractivity contribution in [3.8, 4) is 0 Å². The Hall–Kier alpha value is -0.900. The fourth-order valence-electron chi connectivity index (χ4n) is 2.37. The molecule has 1 aliphatic rings. The molecule has 1 rings (SSSR count). The van der Waals surface area contributed by atoms with Crippen LogP contribution in [-0.2, 0) is 4.79 Å². The van der Waals surface area contributed by atoms with Gasteiger partial charge in [-0.05, 0) is 32.7 Å². The van der Waals surface area contributed by atoms with Gasteiger partial charge < -0.3 is 5.32 Å². The summed E-state index contributed by atoms with van der Waals surface area (Å²) < 4.78 is 0. The molecular weight excluding hydrogens is 226 g/mol. The zero-order valence-electron chi connectivity index (χ0n) is 12.3. The molecule has 0 aromatic rings. The van der Waals surface area contributed by atoms with E-state index in [4.69, 9.17) is 0 Å². The van der Waals surface area contributed by atoms with Crippen LogP contribution >= 0.6 is 0 Å². The van der Waals surface area contributed by atoms with Crippen LogP contribution in [-0.4, -0.2) is 41.8 Å². The van der Waals surface area contributed by atoms with Crippen LogP contribution < -0.4 is 5.32 Å². The molecule has 4 heteroatoms. The van der Waals surface area contributed by atoms with Gasteiger partial charge in [-0.1, -0.05) is 20.8 Å². The summed E-state index contributed by atoms with van der Waals surface area (Å²) in [6, 6.07) is 0. The number of hydrogen-bond donors (Lipinski definition) is 1. The van der Waals surface area contributed by atoms with E-state index in [1.807, 2.05) is 4.90 Å². The van der Waals surface area contributed by atoms with Crippen LogP contribution in [0.4, 0.5) is 0 Å². The van der Waals surface area contributed by atoms with Crippen molar-refractivity contribution in [2.75, 3.05) is 19.6 Å². The summed E-state index contributed by atoms with van der Waals surface area (Å²) in [7, 11) is 0. The highest BCUT2D eigenvalue weighted by Crippen LogP contribution is 2.25. The lowest BCUT2D eigenvalue weighted by Crippen LogP contribution is -2.50. The van der Waals surface area contributed by atoms with Gasteiger partial charge in [-0.25, -0.2) is 0 Å². The average molecular weight is 253 g/mol. The van der Waals surface area contributed by atoms with E-state index in [2.05, 4.69) is 38.0 Å². The maximum atomic E-state index is 12.1. The first-order valence-electron chi connectivity index (χ1n) is 7.19. The molecule has 1 saturated heterocycles. The highest BCUT2D eigenvalue weighted by atomic mass is 16.2. The van der Waals surface area contributed by atoms with Gasteiger partial charge in [0, 0.05) is 13.1 Å². The third kappa shape index (κ3) is 3.31. The first-order valence-corrected chi connectivity index (χ1v) is 7.19. The minimum atomic E-state index is -0.266. The Bertz CT molecular complexity index is 314. The SMILES string of the molecule is CCCN=C1N(CCC)C(=O)CC1(C)NCCC. The number of hydrogen-bond acceptors (Lipinski definition) is 3. The maximum Gasteiger partial charge on any atom is 0.230 e. The van der Waals surface area contributed by atoms with Crippen LogP contribution in [0.3, 0.4) is 0 Å². The fourth-order valence-corrected chi connectivity index (χ4v) is 2.37. The molecule has 4 nitrogen and oxygen atoms in total. The molecule has 1 fully saturated rings. The average Bonchev–Trinajstić information content (AvgIpc) is 2.57. The van der Waals surface area contributed by atoms with Crippen LogP contribution in [0.5, 0.6) is 0 Å². The van der Waals surface area contributed by atoms with E-state index in [0.717, 1.165) is 44.7 Å². The Morgan fingerprint density at radius 1 is 1.28 bits per heavy atom. The van der Waals surface area contributed by atoms with Crippen LogP contribution in [0, 0.1) is 0 Å². The highest BCUT2D eigenvalue weighted by Gasteiger charge is 2.44. The van der Waals surface area contributed by atoms with Crippen molar-refractivity contribution in [3.63, 3.8) is 0 Å². The fraction of sp³-hybridized carbons (Fsp3) is 0.857. The van der Waals surface area contributed by atoms with Gasteiger partial charge in [0.05, 0.1) is 12.0 Å². The Morgan fingerprint density at radius 2 is 2.00 bits per heavy atom. The molecule has 0 saturated carbocycles. The van der Waals surface area contributed by atoms with Crippen LogP contribution in [0.15, 0.2) is 4.99 Å². The zero-order chi connectivity index (χ0) is 13.6. The van der Waals surface area contributed by atoms with Gasteiger partial charge in [0.1, 0.15) is 5.84 Å². The first kappa shape index (κ1) is 15.2. The van der Waals surface area contributed by atoms with Gasteiger partial charge in [-0.15, -0.1) is 0 Å².